The number of rotatable bonds is 5. The molecule has 2 nitrogen and oxygen atoms in total. The molecule has 0 aromatic carbocycles. The summed E-state index contributed by atoms with van der Waals surface area (Å²) in [4.78, 5) is 2.65. The maximum atomic E-state index is 3.97. The molecule has 20 heavy (non-hydrogen) atoms. The highest BCUT2D eigenvalue weighted by molar-refractivity contribution is 4.85. The highest BCUT2D eigenvalue weighted by Crippen LogP contribution is 2.30. The first-order valence-corrected chi connectivity index (χ1v) is 9.08. The molecule has 1 saturated carbocycles. The number of hydrogen-bond acceptors (Lipinski definition) is 2. The maximum absolute atomic E-state index is 3.97. The molecule has 0 aromatic heterocycles. The monoisotopic (exact) mass is 280 g/mol. The predicted molar refractivity (Wildman–Crippen MR) is 88.0 cm³/mol. The van der Waals surface area contributed by atoms with E-state index in [4.69, 9.17) is 0 Å². The summed E-state index contributed by atoms with van der Waals surface area (Å²) in [6.07, 6.45) is 8.29. The lowest BCUT2D eigenvalue weighted by Crippen LogP contribution is -2.47. The van der Waals surface area contributed by atoms with Gasteiger partial charge in [0.1, 0.15) is 0 Å². The third kappa shape index (κ3) is 4.46. The first-order valence-electron chi connectivity index (χ1n) is 9.08. The smallest absolute Gasteiger partial charge is 0.00723 e. The molecule has 1 aliphatic heterocycles. The minimum atomic E-state index is 0.712. The molecule has 0 bridgehead atoms. The summed E-state index contributed by atoms with van der Waals surface area (Å²) in [5.41, 5.74) is 0. The van der Waals surface area contributed by atoms with E-state index in [1.165, 1.54) is 58.2 Å². The molecule has 0 radical (unpaired) electrons. The fourth-order valence-corrected chi connectivity index (χ4v) is 4.20. The van der Waals surface area contributed by atoms with Crippen molar-refractivity contribution in [1.82, 2.24) is 10.2 Å². The van der Waals surface area contributed by atoms with Crippen LogP contribution in [0.4, 0.5) is 0 Å². The molecule has 2 aliphatic rings. The van der Waals surface area contributed by atoms with Gasteiger partial charge in [-0.3, -0.25) is 0 Å². The summed E-state index contributed by atoms with van der Waals surface area (Å²) in [5.74, 6) is 2.73. The van der Waals surface area contributed by atoms with E-state index in [2.05, 4.69) is 37.9 Å². The molecule has 2 heteroatoms. The van der Waals surface area contributed by atoms with Gasteiger partial charge in [0.05, 0.1) is 0 Å². The van der Waals surface area contributed by atoms with Gasteiger partial charge in [-0.2, -0.15) is 0 Å². The third-order valence-corrected chi connectivity index (χ3v) is 5.98. The molecule has 0 aromatic rings. The van der Waals surface area contributed by atoms with E-state index in [9.17, 15) is 0 Å². The zero-order valence-electron chi connectivity index (χ0n) is 14.2. The van der Waals surface area contributed by atoms with Crippen LogP contribution >= 0.6 is 0 Å². The minimum Gasteiger partial charge on any atom is -0.311 e. The topological polar surface area (TPSA) is 15.3 Å². The van der Waals surface area contributed by atoms with Crippen molar-refractivity contribution in [3.05, 3.63) is 0 Å². The maximum Gasteiger partial charge on any atom is 0.00723 e. The van der Waals surface area contributed by atoms with Gasteiger partial charge < -0.3 is 10.2 Å². The molecule has 4 atom stereocenters. The van der Waals surface area contributed by atoms with Crippen LogP contribution in [0.5, 0.6) is 0 Å². The molecule has 1 heterocycles. The standard InChI is InChI=1S/C18H36N2/c1-5-10-20-11-8-17(9-12-20)16(4)19-18-7-6-14(2)15(3)13-18/h14-19H,5-13H2,1-4H3. The van der Waals surface area contributed by atoms with E-state index in [-0.39, 0.29) is 0 Å². The Labute approximate surface area is 126 Å². The largest absolute Gasteiger partial charge is 0.311 e. The van der Waals surface area contributed by atoms with Crippen LogP contribution in [0, 0.1) is 17.8 Å². The summed E-state index contributed by atoms with van der Waals surface area (Å²) in [6, 6.07) is 1.49. The van der Waals surface area contributed by atoms with Crippen molar-refractivity contribution in [3.63, 3.8) is 0 Å². The number of likely N-dealkylation sites (tertiary alicyclic amines) is 1. The van der Waals surface area contributed by atoms with Gasteiger partial charge in [0.25, 0.3) is 0 Å². The van der Waals surface area contributed by atoms with Gasteiger partial charge in [-0.1, -0.05) is 20.8 Å². The van der Waals surface area contributed by atoms with Crippen molar-refractivity contribution in [2.45, 2.75) is 78.3 Å². The van der Waals surface area contributed by atoms with Crippen molar-refractivity contribution >= 4 is 0 Å². The van der Waals surface area contributed by atoms with E-state index < -0.39 is 0 Å². The average Bonchev–Trinajstić information content (AvgIpc) is 2.44. The van der Waals surface area contributed by atoms with Crippen molar-refractivity contribution < 1.29 is 0 Å². The van der Waals surface area contributed by atoms with Gasteiger partial charge in [0.15, 0.2) is 0 Å². The third-order valence-electron chi connectivity index (χ3n) is 5.98. The van der Waals surface area contributed by atoms with Crippen LogP contribution in [-0.4, -0.2) is 36.6 Å². The summed E-state index contributed by atoms with van der Waals surface area (Å²) in [5, 5.41) is 3.97. The number of hydrogen-bond donors (Lipinski definition) is 1. The Morgan fingerprint density at radius 3 is 2.35 bits per heavy atom. The summed E-state index contributed by atoms with van der Waals surface area (Å²) < 4.78 is 0. The SMILES string of the molecule is CCCN1CCC(C(C)NC2CCC(C)C(C)C2)CC1. The average molecular weight is 280 g/mol. The number of nitrogens with one attached hydrogen (secondary N) is 1. The van der Waals surface area contributed by atoms with E-state index in [1.807, 2.05) is 0 Å². The van der Waals surface area contributed by atoms with Gasteiger partial charge >= 0.3 is 0 Å². The highest BCUT2D eigenvalue weighted by atomic mass is 15.1. The van der Waals surface area contributed by atoms with Gasteiger partial charge in [-0.05, 0) is 82.8 Å². The number of nitrogens with zero attached hydrogens (tertiary/aromatic N) is 1. The Morgan fingerprint density at radius 1 is 1.05 bits per heavy atom. The second-order valence-corrected chi connectivity index (χ2v) is 7.60. The zero-order valence-corrected chi connectivity index (χ0v) is 14.2. The summed E-state index contributed by atoms with van der Waals surface area (Å²) >= 11 is 0. The lowest BCUT2D eigenvalue weighted by atomic mass is 9.78. The predicted octanol–water partition coefficient (Wildman–Crippen LogP) is 3.91. The first-order chi connectivity index (χ1) is 9.60. The Kier molecular flexibility index (Phi) is 6.35. The van der Waals surface area contributed by atoms with Gasteiger partial charge in [0.2, 0.25) is 0 Å². The van der Waals surface area contributed by atoms with E-state index in [0.717, 1.165) is 23.8 Å². The van der Waals surface area contributed by atoms with Crippen molar-refractivity contribution in [2.24, 2.45) is 17.8 Å². The Balaban J connectivity index is 1.71. The molecule has 1 N–H and O–H groups in total. The van der Waals surface area contributed by atoms with Gasteiger partial charge in [-0.15, -0.1) is 0 Å². The molecule has 118 valence electrons. The number of piperidine rings is 1. The zero-order chi connectivity index (χ0) is 14.5. The molecule has 1 saturated heterocycles. The van der Waals surface area contributed by atoms with Crippen molar-refractivity contribution in [1.29, 1.82) is 0 Å². The summed E-state index contributed by atoms with van der Waals surface area (Å²) in [6.45, 7) is 13.5. The van der Waals surface area contributed by atoms with E-state index >= 15 is 0 Å². The lowest BCUT2D eigenvalue weighted by Gasteiger charge is -2.39. The van der Waals surface area contributed by atoms with Crippen LogP contribution in [0.3, 0.4) is 0 Å². The Bertz CT molecular complexity index is 271. The second kappa shape index (κ2) is 7.79. The molecular weight excluding hydrogens is 244 g/mol. The molecule has 2 fully saturated rings. The molecular formula is C18H36N2. The molecule has 2 rings (SSSR count). The molecule has 1 aliphatic carbocycles. The second-order valence-electron chi connectivity index (χ2n) is 7.60. The van der Waals surface area contributed by atoms with Crippen LogP contribution in [0.2, 0.25) is 0 Å². The van der Waals surface area contributed by atoms with Gasteiger partial charge in [-0.25, -0.2) is 0 Å². The normalized spacial score (nSPS) is 35.1. The van der Waals surface area contributed by atoms with E-state index in [1.54, 1.807) is 0 Å². The fourth-order valence-electron chi connectivity index (χ4n) is 4.20. The summed E-state index contributed by atoms with van der Waals surface area (Å²) in [7, 11) is 0. The first kappa shape index (κ1) is 16.3. The van der Waals surface area contributed by atoms with Crippen LogP contribution in [0.1, 0.15) is 66.2 Å². The Hall–Kier alpha value is -0.0800. The van der Waals surface area contributed by atoms with Crippen LogP contribution in [0.15, 0.2) is 0 Å². The lowest BCUT2D eigenvalue weighted by molar-refractivity contribution is 0.145. The Morgan fingerprint density at radius 2 is 1.75 bits per heavy atom. The highest BCUT2D eigenvalue weighted by Gasteiger charge is 2.28. The minimum absolute atomic E-state index is 0.712. The van der Waals surface area contributed by atoms with Crippen molar-refractivity contribution in [3.8, 4) is 0 Å². The van der Waals surface area contributed by atoms with Gasteiger partial charge in [0, 0.05) is 12.1 Å². The molecule has 0 amide bonds. The van der Waals surface area contributed by atoms with E-state index in [0.29, 0.717) is 6.04 Å². The van der Waals surface area contributed by atoms with Crippen molar-refractivity contribution in [2.75, 3.05) is 19.6 Å². The van der Waals surface area contributed by atoms with Crippen LogP contribution in [-0.2, 0) is 0 Å². The van der Waals surface area contributed by atoms with Crippen LogP contribution < -0.4 is 5.32 Å². The fraction of sp³-hybridized carbons (Fsp3) is 1.00. The quantitative estimate of drug-likeness (QED) is 0.821. The molecule has 0 spiro atoms. The molecule has 4 unspecified atom stereocenters. The van der Waals surface area contributed by atoms with Crippen LogP contribution in [0.25, 0.3) is 0 Å².